The fourth-order valence-electron chi connectivity index (χ4n) is 1.21. The second-order valence-electron chi connectivity index (χ2n) is 2.52. The number of aromatic hydroxyl groups is 1. The fraction of sp³-hybridized carbons (Fsp3) is 0.250. The molecule has 2 N–H and O–H groups in total. The summed E-state index contributed by atoms with van der Waals surface area (Å²) >= 11 is 0. The van der Waals surface area contributed by atoms with Gasteiger partial charge in [-0.3, -0.25) is 0 Å². The third-order valence-electron chi connectivity index (χ3n) is 1.77. The van der Waals surface area contributed by atoms with Crippen molar-refractivity contribution < 1.29 is 14.9 Å². The Morgan fingerprint density at radius 2 is 2.27 bits per heavy atom. The largest absolute Gasteiger partial charge is 0.504 e. The lowest BCUT2D eigenvalue weighted by Gasteiger charge is -1.99. The number of fused-ring (bicyclic) bond motifs is 1. The fourth-order valence-corrected chi connectivity index (χ4v) is 1.21. The number of aliphatic hydroxyl groups is 1. The summed E-state index contributed by atoms with van der Waals surface area (Å²) in [5, 5.41) is 18.5. The first-order valence-electron chi connectivity index (χ1n) is 3.42. The quantitative estimate of drug-likeness (QED) is 0.578. The van der Waals surface area contributed by atoms with Crippen molar-refractivity contribution in [2.75, 3.05) is 6.61 Å². The summed E-state index contributed by atoms with van der Waals surface area (Å²) < 4.78 is 5.04. The van der Waals surface area contributed by atoms with Gasteiger partial charge in [0.1, 0.15) is 12.7 Å². The molecule has 0 bridgehead atoms. The van der Waals surface area contributed by atoms with Crippen LogP contribution in [0.3, 0.4) is 0 Å². The normalized spacial score (nSPS) is 21.0. The van der Waals surface area contributed by atoms with Crippen molar-refractivity contribution in [3.8, 4) is 11.5 Å². The highest BCUT2D eigenvalue weighted by molar-refractivity contribution is 5.48. The van der Waals surface area contributed by atoms with Gasteiger partial charge in [-0.05, 0) is 6.07 Å². The van der Waals surface area contributed by atoms with Crippen LogP contribution in [0.2, 0.25) is 0 Å². The molecule has 0 amide bonds. The highest BCUT2D eigenvalue weighted by Crippen LogP contribution is 2.38. The summed E-state index contributed by atoms with van der Waals surface area (Å²) in [6.07, 6.45) is -0.586. The first kappa shape index (κ1) is 6.49. The number of hydrogen-bond acceptors (Lipinski definition) is 3. The Bertz CT molecular complexity index is 283. The first-order chi connectivity index (χ1) is 5.29. The van der Waals surface area contributed by atoms with Crippen molar-refractivity contribution in [2.24, 2.45) is 0 Å². The lowest BCUT2D eigenvalue weighted by Crippen LogP contribution is -1.97. The number of ether oxygens (including phenoxy) is 1. The molecule has 2 rings (SSSR count). The first-order valence-corrected chi connectivity index (χ1v) is 3.42. The minimum Gasteiger partial charge on any atom is -0.504 e. The summed E-state index contributed by atoms with van der Waals surface area (Å²) in [6, 6.07) is 4.97. The lowest BCUT2D eigenvalue weighted by atomic mass is 10.1. The van der Waals surface area contributed by atoms with Gasteiger partial charge in [0, 0.05) is 5.56 Å². The van der Waals surface area contributed by atoms with Crippen LogP contribution in [-0.2, 0) is 0 Å². The van der Waals surface area contributed by atoms with Gasteiger partial charge in [-0.15, -0.1) is 0 Å². The molecule has 0 radical (unpaired) electrons. The SMILES string of the molecule is Oc1cccc2c1OC[C@H]2O. The third-order valence-corrected chi connectivity index (χ3v) is 1.77. The van der Waals surface area contributed by atoms with E-state index in [2.05, 4.69) is 0 Å². The Labute approximate surface area is 63.9 Å². The molecule has 0 fully saturated rings. The summed E-state index contributed by atoms with van der Waals surface area (Å²) in [5.41, 5.74) is 0.671. The number of hydrogen-bond donors (Lipinski definition) is 2. The van der Waals surface area contributed by atoms with Gasteiger partial charge in [0.2, 0.25) is 0 Å². The minimum absolute atomic E-state index is 0.0963. The Balaban J connectivity index is 2.57. The molecule has 1 aliphatic rings. The van der Waals surface area contributed by atoms with Gasteiger partial charge in [-0.25, -0.2) is 0 Å². The van der Waals surface area contributed by atoms with Crippen molar-refractivity contribution in [3.63, 3.8) is 0 Å². The van der Waals surface area contributed by atoms with Crippen molar-refractivity contribution >= 4 is 0 Å². The van der Waals surface area contributed by atoms with Gasteiger partial charge in [-0.1, -0.05) is 12.1 Å². The van der Waals surface area contributed by atoms with E-state index in [9.17, 15) is 10.2 Å². The second-order valence-corrected chi connectivity index (χ2v) is 2.52. The van der Waals surface area contributed by atoms with E-state index in [1.165, 1.54) is 6.07 Å². The summed E-state index contributed by atoms with van der Waals surface area (Å²) in [4.78, 5) is 0. The van der Waals surface area contributed by atoms with Gasteiger partial charge in [-0.2, -0.15) is 0 Å². The molecule has 0 saturated heterocycles. The molecule has 1 aliphatic heterocycles. The van der Waals surface area contributed by atoms with E-state index >= 15 is 0 Å². The molecule has 1 aromatic carbocycles. The standard InChI is InChI=1S/C8H8O3/c9-6-3-1-2-5-7(10)4-11-8(5)6/h1-3,7,9-10H,4H2/t7-/m1/s1. The Kier molecular flexibility index (Phi) is 1.26. The van der Waals surface area contributed by atoms with Crippen molar-refractivity contribution in [2.45, 2.75) is 6.10 Å². The van der Waals surface area contributed by atoms with E-state index in [0.717, 1.165) is 0 Å². The van der Waals surface area contributed by atoms with Crippen LogP contribution in [-0.4, -0.2) is 16.8 Å². The lowest BCUT2D eigenvalue weighted by molar-refractivity contribution is 0.140. The second kappa shape index (κ2) is 2.13. The molecule has 11 heavy (non-hydrogen) atoms. The maximum atomic E-state index is 9.27. The van der Waals surface area contributed by atoms with Gasteiger partial charge in [0.25, 0.3) is 0 Å². The molecule has 1 atom stereocenters. The molecule has 3 nitrogen and oxygen atoms in total. The molecule has 1 aromatic rings. The summed E-state index contributed by atoms with van der Waals surface area (Å²) in [6.45, 7) is 0.243. The van der Waals surface area contributed by atoms with E-state index in [-0.39, 0.29) is 12.4 Å². The average molecular weight is 152 g/mol. The molecular formula is C8H8O3. The number of phenols is 1. The maximum absolute atomic E-state index is 9.27. The Morgan fingerprint density at radius 3 is 3.00 bits per heavy atom. The molecular weight excluding hydrogens is 144 g/mol. The minimum atomic E-state index is -0.586. The van der Waals surface area contributed by atoms with Crippen LogP contribution in [0.1, 0.15) is 11.7 Å². The number of aliphatic hydroxyl groups excluding tert-OH is 1. The highest BCUT2D eigenvalue weighted by atomic mass is 16.5. The molecule has 0 aromatic heterocycles. The van der Waals surface area contributed by atoms with Crippen LogP contribution < -0.4 is 4.74 Å². The molecule has 3 heteroatoms. The molecule has 0 unspecified atom stereocenters. The predicted octanol–water partition coefficient (Wildman–Crippen LogP) is 0.818. The predicted molar refractivity (Wildman–Crippen MR) is 38.6 cm³/mol. The van der Waals surface area contributed by atoms with Crippen LogP contribution >= 0.6 is 0 Å². The zero-order valence-corrected chi connectivity index (χ0v) is 5.82. The number of phenolic OH excluding ortho intramolecular Hbond substituents is 1. The van der Waals surface area contributed by atoms with Gasteiger partial charge < -0.3 is 14.9 Å². The number of para-hydroxylation sites is 1. The molecule has 58 valence electrons. The zero-order chi connectivity index (χ0) is 7.84. The van der Waals surface area contributed by atoms with E-state index in [1.54, 1.807) is 12.1 Å². The van der Waals surface area contributed by atoms with E-state index in [1.807, 2.05) is 0 Å². The van der Waals surface area contributed by atoms with Crippen LogP contribution in [0.4, 0.5) is 0 Å². The van der Waals surface area contributed by atoms with Crippen molar-refractivity contribution in [1.29, 1.82) is 0 Å². The van der Waals surface area contributed by atoms with Crippen LogP contribution in [0.25, 0.3) is 0 Å². The van der Waals surface area contributed by atoms with E-state index in [4.69, 9.17) is 4.74 Å². The Hall–Kier alpha value is -1.22. The molecule has 0 spiro atoms. The smallest absolute Gasteiger partial charge is 0.166 e. The molecule has 1 heterocycles. The van der Waals surface area contributed by atoms with E-state index in [0.29, 0.717) is 11.3 Å². The summed E-state index contributed by atoms with van der Waals surface area (Å²) in [7, 11) is 0. The molecule has 0 saturated carbocycles. The maximum Gasteiger partial charge on any atom is 0.166 e. The molecule has 0 aliphatic carbocycles. The van der Waals surface area contributed by atoms with Gasteiger partial charge in [0.15, 0.2) is 11.5 Å². The van der Waals surface area contributed by atoms with Crippen LogP contribution in [0.5, 0.6) is 11.5 Å². The Morgan fingerprint density at radius 1 is 1.45 bits per heavy atom. The number of rotatable bonds is 0. The monoisotopic (exact) mass is 152 g/mol. The van der Waals surface area contributed by atoms with Crippen LogP contribution in [0.15, 0.2) is 18.2 Å². The van der Waals surface area contributed by atoms with Gasteiger partial charge >= 0.3 is 0 Å². The van der Waals surface area contributed by atoms with Crippen LogP contribution in [0, 0.1) is 0 Å². The van der Waals surface area contributed by atoms with Gasteiger partial charge in [0.05, 0.1) is 0 Å². The van der Waals surface area contributed by atoms with Crippen molar-refractivity contribution in [3.05, 3.63) is 23.8 Å². The number of benzene rings is 1. The zero-order valence-electron chi connectivity index (χ0n) is 5.82. The summed E-state index contributed by atoms with van der Waals surface area (Å²) in [5.74, 6) is 0.513. The van der Waals surface area contributed by atoms with Crippen molar-refractivity contribution in [1.82, 2.24) is 0 Å². The topological polar surface area (TPSA) is 49.7 Å². The average Bonchev–Trinajstić information content (AvgIpc) is 2.35. The third kappa shape index (κ3) is 0.851. The van der Waals surface area contributed by atoms with E-state index < -0.39 is 6.10 Å². The highest BCUT2D eigenvalue weighted by Gasteiger charge is 2.23.